The van der Waals surface area contributed by atoms with Crippen LogP contribution < -0.4 is 4.74 Å². The Morgan fingerprint density at radius 3 is 2.11 bits per heavy atom. The van der Waals surface area contributed by atoms with Crippen LogP contribution in [0.1, 0.15) is 12.0 Å². The molecular formula is C19H17N3OS3Si. The average molecular weight is 428 g/mol. The zero-order valence-corrected chi connectivity index (χ0v) is 18.2. The predicted molar refractivity (Wildman–Crippen MR) is 122 cm³/mol. The molecule has 0 saturated heterocycles. The summed E-state index contributed by atoms with van der Waals surface area (Å²) >= 11 is 14.1. The van der Waals surface area contributed by atoms with Crippen molar-refractivity contribution in [3.63, 3.8) is 0 Å². The van der Waals surface area contributed by atoms with Crippen LogP contribution in [-0.2, 0) is 0 Å². The van der Waals surface area contributed by atoms with E-state index in [4.69, 9.17) is 41.4 Å². The number of benzene rings is 2. The molecule has 4 nitrogen and oxygen atoms in total. The van der Waals surface area contributed by atoms with Gasteiger partial charge in [0.15, 0.2) is 0 Å². The fraction of sp³-hybridized carbons (Fsp3) is 0.211. The van der Waals surface area contributed by atoms with Crippen LogP contribution in [-0.4, -0.2) is 30.6 Å². The molecule has 0 saturated carbocycles. The van der Waals surface area contributed by atoms with Crippen LogP contribution in [0.5, 0.6) is 5.75 Å². The number of nitrogens with zero attached hydrogens (tertiary/aromatic N) is 3. The van der Waals surface area contributed by atoms with E-state index in [1.807, 2.05) is 37.3 Å². The van der Waals surface area contributed by atoms with E-state index in [9.17, 15) is 0 Å². The molecule has 0 unspecified atom stereocenters. The highest BCUT2D eigenvalue weighted by molar-refractivity contribution is 7.78. The number of thiocarbonyl (C=S) groups is 3. The fourth-order valence-electron chi connectivity index (χ4n) is 2.63. The number of para-hydroxylation sites is 1. The molecule has 0 aliphatic rings. The molecule has 2 aromatic carbocycles. The van der Waals surface area contributed by atoms with Gasteiger partial charge in [0.2, 0.25) is 0 Å². The Labute approximate surface area is 176 Å². The molecule has 0 radical (unpaired) electrons. The second-order valence-electron chi connectivity index (χ2n) is 5.65. The summed E-state index contributed by atoms with van der Waals surface area (Å²) in [6, 6.07) is 16.8. The first kappa shape index (κ1) is 21.2. The van der Waals surface area contributed by atoms with Gasteiger partial charge in [-0.25, -0.2) is 14.0 Å². The quantitative estimate of drug-likeness (QED) is 0.224. The first-order valence-corrected chi connectivity index (χ1v) is 11.5. The van der Waals surface area contributed by atoms with Gasteiger partial charge in [-0.05, 0) is 61.1 Å². The largest absolute Gasteiger partial charge is 0.493 e. The smallest absolute Gasteiger partial charge is 0.461 e. The van der Waals surface area contributed by atoms with Gasteiger partial charge in [-0.1, -0.05) is 48.5 Å². The Morgan fingerprint density at radius 1 is 0.889 bits per heavy atom. The van der Waals surface area contributed by atoms with E-state index >= 15 is 0 Å². The third kappa shape index (κ3) is 5.93. The van der Waals surface area contributed by atoms with E-state index < -0.39 is 8.56 Å². The second kappa shape index (κ2) is 10.9. The maximum Gasteiger partial charge on any atom is 0.461 e. The molecule has 2 rings (SSSR count). The maximum absolute atomic E-state index is 6.11. The van der Waals surface area contributed by atoms with E-state index in [0.717, 1.165) is 22.4 Å². The van der Waals surface area contributed by atoms with E-state index in [1.54, 1.807) is 0 Å². The van der Waals surface area contributed by atoms with Crippen LogP contribution in [0.4, 0.5) is 0 Å². The van der Waals surface area contributed by atoms with Crippen molar-refractivity contribution in [3.05, 3.63) is 54.1 Å². The van der Waals surface area contributed by atoms with Crippen LogP contribution in [0.25, 0.3) is 11.1 Å². The lowest BCUT2D eigenvalue weighted by Gasteiger charge is -2.16. The number of ether oxygens (including phenoxy) is 1. The van der Waals surface area contributed by atoms with Crippen molar-refractivity contribution in [2.75, 3.05) is 6.61 Å². The molecule has 0 aliphatic heterocycles. The first-order chi connectivity index (χ1) is 13.2. The summed E-state index contributed by atoms with van der Waals surface area (Å²) < 4.78 is 18.5. The van der Waals surface area contributed by atoms with Crippen LogP contribution in [0.2, 0.25) is 6.04 Å². The van der Waals surface area contributed by atoms with Crippen molar-refractivity contribution in [3.8, 4) is 16.9 Å². The number of aryl methyl sites for hydroxylation is 1. The van der Waals surface area contributed by atoms with E-state index in [1.165, 1.54) is 0 Å². The van der Waals surface area contributed by atoms with Crippen molar-refractivity contribution in [2.45, 2.75) is 19.4 Å². The molecule has 0 aromatic heterocycles. The van der Waals surface area contributed by atoms with Gasteiger partial charge >= 0.3 is 8.56 Å². The summed E-state index contributed by atoms with van der Waals surface area (Å²) in [5.41, 5.74) is 3.25. The topological polar surface area (TPSA) is 46.3 Å². The number of hydrogen-bond donors (Lipinski definition) is 0. The van der Waals surface area contributed by atoms with Gasteiger partial charge in [0.1, 0.15) is 5.75 Å². The van der Waals surface area contributed by atoms with Crippen LogP contribution in [0.3, 0.4) is 0 Å². The minimum Gasteiger partial charge on any atom is -0.493 e. The lowest BCUT2D eigenvalue weighted by atomic mass is 10.0. The maximum atomic E-state index is 6.11. The third-order valence-corrected chi connectivity index (χ3v) is 7.07. The van der Waals surface area contributed by atoms with Crippen molar-refractivity contribution in [1.29, 1.82) is 0 Å². The normalized spacial score (nSPS) is 11.9. The van der Waals surface area contributed by atoms with Crippen molar-refractivity contribution < 1.29 is 4.74 Å². The zero-order valence-electron chi connectivity index (χ0n) is 14.7. The monoisotopic (exact) mass is 427 g/mol. The van der Waals surface area contributed by atoms with Gasteiger partial charge < -0.3 is 4.74 Å². The molecule has 8 heteroatoms. The van der Waals surface area contributed by atoms with Crippen LogP contribution in [0, 0.1) is 6.92 Å². The molecule has 136 valence electrons. The minimum absolute atomic E-state index is 0.478. The predicted octanol–water partition coefficient (Wildman–Crippen LogP) is 5.68. The summed E-state index contributed by atoms with van der Waals surface area (Å²) in [7, 11) is -2.88. The standard InChI is InChI=1S/C19H17N3OS3Si/c1-16-7-5-10-18(17-8-3-2-4-9-17)19(16)23-11-6-12-27(20-13-24,21-14-25)22-15-26/h2-5,7-10H,6,11-12H2,1H3. The minimum atomic E-state index is -2.88. The molecule has 0 heterocycles. The van der Waals surface area contributed by atoms with E-state index in [0.29, 0.717) is 19.1 Å². The molecule has 0 aliphatic carbocycles. The molecule has 0 N–H and O–H groups in total. The Hall–Kier alpha value is -2.14. The number of rotatable bonds is 9. The SMILES string of the molecule is Cc1cccc(-c2ccccc2)c1OCCC[Si](N=C=S)(N=C=S)N=C=S. The molecule has 0 bridgehead atoms. The first-order valence-electron chi connectivity index (χ1n) is 8.21. The molecule has 0 amide bonds. The van der Waals surface area contributed by atoms with Gasteiger partial charge in [-0.15, -0.1) is 0 Å². The van der Waals surface area contributed by atoms with Crippen molar-refractivity contribution in [1.82, 2.24) is 0 Å². The summed E-state index contributed by atoms with van der Waals surface area (Å²) in [5, 5.41) is 7.04. The highest BCUT2D eigenvalue weighted by Gasteiger charge is 2.34. The van der Waals surface area contributed by atoms with Crippen LogP contribution >= 0.6 is 36.7 Å². The molecule has 27 heavy (non-hydrogen) atoms. The van der Waals surface area contributed by atoms with E-state index in [2.05, 4.69) is 47.7 Å². The summed E-state index contributed by atoms with van der Waals surface area (Å²) in [6.07, 6.45) is 0.663. The lowest BCUT2D eigenvalue weighted by molar-refractivity contribution is 0.316. The lowest BCUT2D eigenvalue weighted by Crippen LogP contribution is -2.28. The van der Waals surface area contributed by atoms with Gasteiger partial charge in [-0.2, -0.15) is 0 Å². The summed E-state index contributed by atoms with van der Waals surface area (Å²) in [5.74, 6) is 0.867. The van der Waals surface area contributed by atoms with Gasteiger partial charge in [0, 0.05) is 11.6 Å². The van der Waals surface area contributed by atoms with Gasteiger partial charge in [0.25, 0.3) is 0 Å². The summed E-state index contributed by atoms with van der Waals surface area (Å²) in [4.78, 5) is 0. The number of isothiocyanates is 3. The van der Waals surface area contributed by atoms with Crippen LogP contribution in [0.15, 0.2) is 62.5 Å². The second-order valence-corrected chi connectivity index (χ2v) is 8.92. The molecule has 0 spiro atoms. The molecular weight excluding hydrogens is 411 g/mol. The molecule has 2 aromatic rings. The van der Waals surface area contributed by atoms with Crippen molar-refractivity contribution in [2.24, 2.45) is 14.0 Å². The highest BCUT2D eigenvalue weighted by Crippen LogP contribution is 2.33. The van der Waals surface area contributed by atoms with Crippen molar-refractivity contribution >= 4 is 60.7 Å². The Balaban J connectivity index is 2.15. The fourth-order valence-corrected chi connectivity index (χ4v) is 5.49. The number of hydrogen-bond acceptors (Lipinski definition) is 7. The Kier molecular flexibility index (Phi) is 8.52. The Bertz CT molecular complexity index is 887. The molecule has 0 atom stereocenters. The van der Waals surface area contributed by atoms with Gasteiger partial charge in [-0.3, -0.25) is 0 Å². The van der Waals surface area contributed by atoms with Gasteiger partial charge in [0.05, 0.1) is 22.1 Å². The summed E-state index contributed by atoms with van der Waals surface area (Å²) in [6.45, 7) is 2.51. The third-order valence-electron chi connectivity index (χ3n) is 3.87. The molecule has 0 fully saturated rings. The average Bonchev–Trinajstić information content (AvgIpc) is 2.67. The van der Waals surface area contributed by atoms with E-state index in [-0.39, 0.29) is 0 Å². The zero-order chi connectivity index (χ0) is 19.5. The Morgan fingerprint density at radius 2 is 1.52 bits per heavy atom. The highest BCUT2D eigenvalue weighted by atomic mass is 32.1.